The number of nitrogens with zero attached hydrogens (tertiary/aromatic N) is 2. The molecule has 0 amide bonds. The first-order valence-corrected chi connectivity index (χ1v) is 4.16. The number of hydrogen-bond acceptors (Lipinski definition) is 3. The SMILES string of the molecule is CC(O)c1ccc2nccnc2c1. The molecule has 0 aliphatic rings. The van der Waals surface area contributed by atoms with Gasteiger partial charge in [0.05, 0.1) is 17.1 Å². The molecular weight excluding hydrogens is 164 g/mol. The van der Waals surface area contributed by atoms with Crippen molar-refractivity contribution in [1.29, 1.82) is 0 Å². The smallest absolute Gasteiger partial charge is 0.0890 e. The minimum absolute atomic E-state index is 0.452. The van der Waals surface area contributed by atoms with E-state index in [1.165, 1.54) is 0 Å². The second-order valence-electron chi connectivity index (χ2n) is 2.98. The molecule has 0 aliphatic carbocycles. The Hall–Kier alpha value is -1.48. The Kier molecular flexibility index (Phi) is 1.94. The van der Waals surface area contributed by atoms with Gasteiger partial charge in [-0.15, -0.1) is 0 Å². The first-order valence-electron chi connectivity index (χ1n) is 4.16. The third-order valence-electron chi connectivity index (χ3n) is 1.98. The van der Waals surface area contributed by atoms with E-state index >= 15 is 0 Å². The average Bonchev–Trinajstić information content (AvgIpc) is 2.17. The van der Waals surface area contributed by atoms with Crippen molar-refractivity contribution in [3.8, 4) is 0 Å². The molecule has 13 heavy (non-hydrogen) atoms. The molecule has 3 nitrogen and oxygen atoms in total. The Morgan fingerprint density at radius 1 is 1.15 bits per heavy atom. The predicted octanol–water partition coefficient (Wildman–Crippen LogP) is 1.68. The standard InChI is InChI=1S/C10H10N2O/c1-7(13)8-2-3-9-10(6-8)12-5-4-11-9/h2-7,13H,1H3. The summed E-state index contributed by atoms with van der Waals surface area (Å²) >= 11 is 0. The summed E-state index contributed by atoms with van der Waals surface area (Å²) in [7, 11) is 0. The van der Waals surface area contributed by atoms with Gasteiger partial charge in [0.2, 0.25) is 0 Å². The molecule has 1 aromatic carbocycles. The molecule has 0 fully saturated rings. The highest BCUT2D eigenvalue weighted by Crippen LogP contribution is 2.16. The molecule has 1 N–H and O–H groups in total. The summed E-state index contributed by atoms with van der Waals surface area (Å²) < 4.78 is 0. The molecule has 1 atom stereocenters. The summed E-state index contributed by atoms with van der Waals surface area (Å²) in [6.45, 7) is 1.73. The van der Waals surface area contributed by atoms with E-state index in [0.717, 1.165) is 16.6 Å². The molecule has 1 unspecified atom stereocenters. The first kappa shape index (κ1) is 8.13. The molecule has 3 heteroatoms. The van der Waals surface area contributed by atoms with Crippen LogP contribution in [0.5, 0.6) is 0 Å². The monoisotopic (exact) mass is 174 g/mol. The van der Waals surface area contributed by atoms with E-state index in [9.17, 15) is 5.11 Å². The van der Waals surface area contributed by atoms with Gasteiger partial charge in [-0.25, -0.2) is 0 Å². The second-order valence-corrected chi connectivity index (χ2v) is 2.98. The summed E-state index contributed by atoms with van der Waals surface area (Å²) in [6, 6.07) is 5.58. The summed E-state index contributed by atoms with van der Waals surface area (Å²) in [5, 5.41) is 9.33. The molecular formula is C10H10N2O. The van der Waals surface area contributed by atoms with Crippen LogP contribution in [0.25, 0.3) is 11.0 Å². The van der Waals surface area contributed by atoms with Crippen LogP contribution in [0.15, 0.2) is 30.6 Å². The highest BCUT2D eigenvalue weighted by atomic mass is 16.3. The van der Waals surface area contributed by atoms with Crippen LogP contribution >= 0.6 is 0 Å². The number of rotatable bonds is 1. The highest BCUT2D eigenvalue weighted by molar-refractivity contribution is 5.74. The molecule has 2 aromatic rings. The lowest BCUT2D eigenvalue weighted by Gasteiger charge is -2.04. The lowest BCUT2D eigenvalue weighted by Crippen LogP contribution is -1.91. The van der Waals surface area contributed by atoms with Crippen LogP contribution in [0.2, 0.25) is 0 Å². The quantitative estimate of drug-likeness (QED) is 0.715. The highest BCUT2D eigenvalue weighted by Gasteiger charge is 2.02. The van der Waals surface area contributed by atoms with Crippen molar-refractivity contribution in [2.75, 3.05) is 0 Å². The van der Waals surface area contributed by atoms with Crippen LogP contribution in [0.3, 0.4) is 0 Å². The largest absolute Gasteiger partial charge is 0.389 e. The van der Waals surface area contributed by atoms with Crippen molar-refractivity contribution in [1.82, 2.24) is 9.97 Å². The van der Waals surface area contributed by atoms with Crippen molar-refractivity contribution in [3.05, 3.63) is 36.2 Å². The van der Waals surface area contributed by atoms with Crippen LogP contribution in [0.1, 0.15) is 18.6 Å². The van der Waals surface area contributed by atoms with E-state index in [4.69, 9.17) is 0 Å². The number of aromatic nitrogens is 2. The van der Waals surface area contributed by atoms with Crippen LogP contribution < -0.4 is 0 Å². The van der Waals surface area contributed by atoms with Gasteiger partial charge in [-0.3, -0.25) is 9.97 Å². The maximum Gasteiger partial charge on any atom is 0.0890 e. The fourth-order valence-electron chi connectivity index (χ4n) is 1.24. The van der Waals surface area contributed by atoms with Gasteiger partial charge in [-0.1, -0.05) is 6.07 Å². The molecule has 66 valence electrons. The minimum atomic E-state index is -0.452. The van der Waals surface area contributed by atoms with Gasteiger partial charge in [-0.05, 0) is 24.6 Å². The van der Waals surface area contributed by atoms with E-state index < -0.39 is 6.10 Å². The predicted molar refractivity (Wildman–Crippen MR) is 50.2 cm³/mol. The van der Waals surface area contributed by atoms with Crippen molar-refractivity contribution < 1.29 is 5.11 Å². The van der Waals surface area contributed by atoms with E-state index in [1.807, 2.05) is 18.2 Å². The van der Waals surface area contributed by atoms with Crippen molar-refractivity contribution >= 4 is 11.0 Å². The Labute approximate surface area is 76.1 Å². The van der Waals surface area contributed by atoms with Crippen LogP contribution in [-0.2, 0) is 0 Å². The lowest BCUT2D eigenvalue weighted by molar-refractivity contribution is 0.199. The van der Waals surface area contributed by atoms with Gasteiger partial charge >= 0.3 is 0 Å². The van der Waals surface area contributed by atoms with Gasteiger partial charge in [0, 0.05) is 12.4 Å². The molecule has 0 saturated heterocycles. The molecule has 0 radical (unpaired) electrons. The Morgan fingerprint density at radius 3 is 2.54 bits per heavy atom. The van der Waals surface area contributed by atoms with Gasteiger partial charge in [0.25, 0.3) is 0 Å². The molecule has 2 rings (SSSR count). The fourth-order valence-corrected chi connectivity index (χ4v) is 1.24. The molecule has 0 spiro atoms. The molecule has 0 aliphatic heterocycles. The van der Waals surface area contributed by atoms with E-state index in [2.05, 4.69) is 9.97 Å². The van der Waals surface area contributed by atoms with E-state index in [0.29, 0.717) is 0 Å². The Bertz CT molecular complexity index is 426. The van der Waals surface area contributed by atoms with Gasteiger partial charge in [0.1, 0.15) is 0 Å². The van der Waals surface area contributed by atoms with Crippen LogP contribution in [0, 0.1) is 0 Å². The molecule has 1 aromatic heterocycles. The van der Waals surface area contributed by atoms with Gasteiger partial charge in [0.15, 0.2) is 0 Å². The fraction of sp³-hybridized carbons (Fsp3) is 0.200. The maximum atomic E-state index is 9.33. The first-order chi connectivity index (χ1) is 6.27. The van der Waals surface area contributed by atoms with Crippen molar-refractivity contribution in [3.63, 3.8) is 0 Å². The summed E-state index contributed by atoms with van der Waals surface area (Å²) in [6.07, 6.45) is 2.85. The van der Waals surface area contributed by atoms with Gasteiger partial charge < -0.3 is 5.11 Å². The second kappa shape index (κ2) is 3.11. The average molecular weight is 174 g/mol. The molecule has 0 bridgehead atoms. The molecule has 1 heterocycles. The maximum absolute atomic E-state index is 9.33. The normalized spacial score (nSPS) is 13.1. The summed E-state index contributed by atoms with van der Waals surface area (Å²) in [5.41, 5.74) is 2.54. The Morgan fingerprint density at radius 2 is 1.85 bits per heavy atom. The molecule has 0 saturated carbocycles. The summed E-state index contributed by atoms with van der Waals surface area (Å²) in [4.78, 5) is 8.29. The number of aliphatic hydroxyl groups excluding tert-OH is 1. The minimum Gasteiger partial charge on any atom is -0.389 e. The topological polar surface area (TPSA) is 46.0 Å². The zero-order chi connectivity index (χ0) is 9.26. The zero-order valence-electron chi connectivity index (χ0n) is 7.31. The number of fused-ring (bicyclic) bond motifs is 1. The van der Waals surface area contributed by atoms with Crippen LogP contribution in [-0.4, -0.2) is 15.1 Å². The third-order valence-corrected chi connectivity index (χ3v) is 1.98. The summed E-state index contributed by atoms with van der Waals surface area (Å²) in [5.74, 6) is 0. The van der Waals surface area contributed by atoms with Crippen molar-refractivity contribution in [2.45, 2.75) is 13.0 Å². The third kappa shape index (κ3) is 1.51. The van der Waals surface area contributed by atoms with Gasteiger partial charge in [-0.2, -0.15) is 0 Å². The van der Waals surface area contributed by atoms with E-state index in [1.54, 1.807) is 19.3 Å². The lowest BCUT2D eigenvalue weighted by atomic mass is 10.1. The number of hydrogen-bond donors (Lipinski definition) is 1. The number of benzene rings is 1. The zero-order valence-corrected chi connectivity index (χ0v) is 7.31. The Balaban J connectivity index is 2.62. The number of aliphatic hydroxyl groups is 1. The van der Waals surface area contributed by atoms with Crippen molar-refractivity contribution in [2.24, 2.45) is 0 Å². The van der Waals surface area contributed by atoms with Crippen LogP contribution in [0.4, 0.5) is 0 Å². The van der Waals surface area contributed by atoms with E-state index in [-0.39, 0.29) is 0 Å².